The van der Waals surface area contributed by atoms with E-state index in [4.69, 9.17) is 0 Å². The number of amides is 1. The number of thiophene rings is 1. The molecule has 20 heavy (non-hydrogen) atoms. The van der Waals surface area contributed by atoms with Crippen LogP contribution in [-0.4, -0.2) is 18.5 Å². The fraction of sp³-hybridized carbons (Fsp3) is 0.312. The highest BCUT2D eigenvalue weighted by molar-refractivity contribution is 7.08. The summed E-state index contributed by atoms with van der Waals surface area (Å²) in [4.78, 5) is 14.6. The highest BCUT2D eigenvalue weighted by Crippen LogP contribution is 2.24. The van der Waals surface area contributed by atoms with Gasteiger partial charge in [-0.25, -0.2) is 0 Å². The molecule has 2 aromatic rings. The number of para-hydroxylation sites is 1. The Bertz CT molecular complexity index is 594. The molecule has 0 aliphatic carbocycles. The van der Waals surface area contributed by atoms with Gasteiger partial charge < -0.3 is 10.2 Å². The molecule has 1 aliphatic heterocycles. The van der Waals surface area contributed by atoms with Gasteiger partial charge in [-0.3, -0.25) is 4.79 Å². The summed E-state index contributed by atoms with van der Waals surface area (Å²) in [5, 5.41) is 7.51. The van der Waals surface area contributed by atoms with E-state index in [0.29, 0.717) is 12.5 Å². The van der Waals surface area contributed by atoms with Crippen LogP contribution < -0.4 is 10.2 Å². The predicted octanol–water partition coefficient (Wildman–Crippen LogP) is 2.82. The molecule has 104 valence electrons. The average molecular weight is 286 g/mol. The van der Waals surface area contributed by atoms with Gasteiger partial charge in [0, 0.05) is 24.8 Å². The summed E-state index contributed by atoms with van der Waals surface area (Å²) in [7, 11) is 0. The standard InChI is InChI=1S/C16H18N2OS/c1-12-10-18(16(19)8-13-6-7-20-11-13)15-5-3-2-4-14(15)9-17-12/h2-7,11-12,17H,8-10H2,1H3. The number of carbonyl (C=O) groups excluding carboxylic acids is 1. The van der Waals surface area contributed by atoms with Crippen molar-refractivity contribution in [1.82, 2.24) is 5.32 Å². The van der Waals surface area contributed by atoms with Crippen molar-refractivity contribution in [1.29, 1.82) is 0 Å². The molecule has 4 heteroatoms. The number of hydrogen-bond acceptors (Lipinski definition) is 3. The molecular formula is C16H18N2OS. The van der Waals surface area contributed by atoms with E-state index in [9.17, 15) is 4.79 Å². The maximum absolute atomic E-state index is 12.6. The lowest BCUT2D eigenvalue weighted by Gasteiger charge is -2.24. The zero-order valence-electron chi connectivity index (χ0n) is 11.5. The summed E-state index contributed by atoms with van der Waals surface area (Å²) >= 11 is 1.64. The van der Waals surface area contributed by atoms with Crippen LogP contribution in [0.2, 0.25) is 0 Å². The van der Waals surface area contributed by atoms with Crippen LogP contribution in [0.25, 0.3) is 0 Å². The van der Waals surface area contributed by atoms with Crippen LogP contribution in [0.3, 0.4) is 0 Å². The van der Waals surface area contributed by atoms with E-state index in [1.807, 2.05) is 39.9 Å². The Labute approximate surface area is 123 Å². The molecule has 1 atom stereocenters. The molecule has 0 saturated carbocycles. The van der Waals surface area contributed by atoms with Crippen molar-refractivity contribution in [3.8, 4) is 0 Å². The number of carbonyl (C=O) groups is 1. The average Bonchev–Trinajstić information content (AvgIpc) is 2.89. The van der Waals surface area contributed by atoms with Gasteiger partial charge in [0.2, 0.25) is 5.91 Å². The summed E-state index contributed by atoms with van der Waals surface area (Å²) in [6.07, 6.45) is 0.477. The smallest absolute Gasteiger partial charge is 0.231 e. The molecular weight excluding hydrogens is 268 g/mol. The van der Waals surface area contributed by atoms with E-state index in [1.54, 1.807) is 11.3 Å². The first-order chi connectivity index (χ1) is 9.74. The van der Waals surface area contributed by atoms with Crippen LogP contribution in [0.4, 0.5) is 5.69 Å². The Morgan fingerprint density at radius 2 is 2.25 bits per heavy atom. The van der Waals surface area contributed by atoms with E-state index in [-0.39, 0.29) is 5.91 Å². The molecule has 3 nitrogen and oxygen atoms in total. The van der Waals surface area contributed by atoms with Gasteiger partial charge in [0.25, 0.3) is 0 Å². The van der Waals surface area contributed by atoms with Crippen molar-refractivity contribution in [3.05, 3.63) is 52.2 Å². The molecule has 0 radical (unpaired) electrons. The van der Waals surface area contributed by atoms with E-state index in [1.165, 1.54) is 5.56 Å². The van der Waals surface area contributed by atoms with Gasteiger partial charge >= 0.3 is 0 Å². The quantitative estimate of drug-likeness (QED) is 0.920. The summed E-state index contributed by atoms with van der Waals surface area (Å²) in [5.41, 5.74) is 3.34. The first-order valence-electron chi connectivity index (χ1n) is 6.87. The zero-order valence-corrected chi connectivity index (χ0v) is 12.3. The predicted molar refractivity (Wildman–Crippen MR) is 83.1 cm³/mol. The topological polar surface area (TPSA) is 32.3 Å². The minimum Gasteiger partial charge on any atom is -0.310 e. The Balaban J connectivity index is 1.88. The lowest BCUT2D eigenvalue weighted by atomic mass is 10.1. The van der Waals surface area contributed by atoms with Gasteiger partial charge in [0.05, 0.1) is 6.42 Å². The van der Waals surface area contributed by atoms with Crippen molar-refractivity contribution in [3.63, 3.8) is 0 Å². The Morgan fingerprint density at radius 1 is 1.40 bits per heavy atom. The third-order valence-electron chi connectivity index (χ3n) is 3.62. The lowest BCUT2D eigenvalue weighted by Crippen LogP contribution is -2.40. The van der Waals surface area contributed by atoms with Gasteiger partial charge in [0.1, 0.15) is 0 Å². The normalized spacial score (nSPS) is 18.4. The molecule has 0 saturated heterocycles. The lowest BCUT2D eigenvalue weighted by molar-refractivity contribution is -0.118. The second kappa shape index (κ2) is 5.77. The molecule has 1 unspecified atom stereocenters. The summed E-state index contributed by atoms with van der Waals surface area (Å²) in [5.74, 6) is 0.173. The van der Waals surface area contributed by atoms with Crippen molar-refractivity contribution in [2.45, 2.75) is 25.9 Å². The Hall–Kier alpha value is -1.65. The molecule has 2 heterocycles. The van der Waals surface area contributed by atoms with Gasteiger partial charge in [0.15, 0.2) is 0 Å². The maximum Gasteiger partial charge on any atom is 0.231 e. The third kappa shape index (κ3) is 2.76. The summed E-state index contributed by atoms with van der Waals surface area (Å²) in [6.45, 7) is 3.66. The van der Waals surface area contributed by atoms with Gasteiger partial charge in [-0.15, -0.1) is 0 Å². The second-order valence-electron chi connectivity index (χ2n) is 5.22. The molecule has 0 bridgehead atoms. The molecule has 0 fully saturated rings. The first kappa shape index (κ1) is 13.3. The number of rotatable bonds is 2. The molecule has 1 aromatic carbocycles. The van der Waals surface area contributed by atoms with Crippen LogP contribution in [0.1, 0.15) is 18.1 Å². The van der Waals surface area contributed by atoms with Crippen LogP contribution in [-0.2, 0) is 17.8 Å². The fourth-order valence-corrected chi connectivity index (χ4v) is 3.21. The molecule has 1 amide bonds. The number of anilines is 1. The highest BCUT2D eigenvalue weighted by atomic mass is 32.1. The van der Waals surface area contributed by atoms with Crippen molar-refractivity contribution in [2.75, 3.05) is 11.4 Å². The number of nitrogens with zero attached hydrogens (tertiary/aromatic N) is 1. The Morgan fingerprint density at radius 3 is 3.05 bits per heavy atom. The molecule has 1 aromatic heterocycles. The summed E-state index contributed by atoms with van der Waals surface area (Å²) in [6, 6.07) is 10.5. The molecule has 1 aliphatic rings. The zero-order chi connectivity index (χ0) is 13.9. The van der Waals surface area contributed by atoms with Gasteiger partial charge in [-0.2, -0.15) is 11.3 Å². The maximum atomic E-state index is 12.6. The van der Waals surface area contributed by atoms with Crippen LogP contribution >= 0.6 is 11.3 Å². The monoisotopic (exact) mass is 286 g/mol. The van der Waals surface area contributed by atoms with Crippen molar-refractivity contribution < 1.29 is 4.79 Å². The minimum absolute atomic E-state index is 0.173. The van der Waals surface area contributed by atoms with Gasteiger partial charge in [-0.1, -0.05) is 18.2 Å². The highest BCUT2D eigenvalue weighted by Gasteiger charge is 2.23. The summed E-state index contributed by atoms with van der Waals surface area (Å²) < 4.78 is 0. The van der Waals surface area contributed by atoms with Crippen molar-refractivity contribution >= 4 is 22.9 Å². The van der Waals surface area contributed by atoms with E-state index in [2.05, 4.69) is 18.3 Å². The SMILES string of the molecule is CC1CN(C(=O)Cc2ccsc2)c2ccccc2CN1. The molecule has 0 spiro atoms. The van der Waals surface area contributed by atoms with Crippen molar-refractivity contribution in [2.24, 2.45) is 0 Å². The molecule has 3 rings (SSSR count). The minimum atomic E-state index is 0.173. The first-order valence-corrected chi connectivity index (χ1v) is 7.81. The largest absolute Gasteiger partial charge is 0.310 e. The van der Waals surface area contributed by atoms with E-state index in [0.717, 1.165) is 24.3 Å². The molecule has 1 N–H and O–H groups in total. The Kier molecular flexibility index (Phi) is 3.85. The number of benzene rings is 1. The van der Waals surface area contributed by atoms with Gasteiger partial charge in [-0.05, 0) is 40.9 Å². The fourth-order valence-electron chi connectivity index (χ4n) is 2.54. The number of nitrogens with one attached hydrogen (secondary N) is 1. The van der Waals surface area contributed by atoms with Crippen LogP contribution in [0, 0.1) is 0 Å². The van der Waals surface area contributed by atoms with Crippen LogP contribution in [0.5, 0.6) is 0 Å². The van der Waals surface area contributed by atoms with Crippen LogP contribution in [0.15, 0.2) is 41.1 Å². The second-order valence-corrected chi connectivity index (χ2v) is 6.00. The number of fused-ring (bicyclic) bond motifs is 1. The van der Waals surface area contributed by atoms with E-state index < -0.39 is 0 Å². The third-order valence-corrected chi connectivity index (χ3v) is 4.35. The number of hydrogen-bond donors (Lipinski definition) is 1. The van der Waals surface area contributed by atoms with E-state index >= 15 is 0 Å².